The van der Waals surface area contributed by atoms with E-state index < -0.39 is 0 Å². The van der Waals surface area contributed by atoms with E-state index in [4.69, 9.17) is 9.47 Å². The number of fused-ring (bicyclic) bond motifs is 1. The first-order valence-corrected chi connectivity index (χ1v) is 10.8. The molecule has 0 aromatic heterocycles. The van der Waals surface area contributed by atoms with Gasteiger partial charge in [-0.05, 0) is 73.5 Å². The van der Waals surface area contributed by atoms with Gasteiger partial charge in [-0.3, -0.25) is 9.69 Å². The average molecular weight is 410 g/mol. The van der Waals surface area contributed by atoms with Crippen molar-refractivity contribution in [2.75, 3.05) is 27.3 Å². The lowest BCUT2D eigenvalue weighted by molar-refractivity contribution is 0.0895. The number of piperidine rings is 1. The van der Waals surface area contributed by atoms with Gasteiger partial charge in [0.1, 0.15) is 0 Å². The summed E-state index contributed by atoms with van der Waals surface area (Å²) in [5.41, 5.74) is 4.11. The minimum absolute atomic E-state index is 0.0727. The molecule has 2 aliphatic rings. The summed E-state index contributed by atoms with van der Waals surface area (Å²) >= 11 is 0. The zero-order valence-electron chi connectivity index (χ0n) is 17.9. The quantitative estimate of drug-likeness (QED) is 0.753. The molecule has 1 aliphatic carbocycles. The Labute approximate surface area is 178 Å². The van der Waals surface area contributed by atoms with E-state index in [9.17, 15) is 9.90 Å². The van der Waals surface area contributed by atoms with Crippen LogP contribution in [0.5, 0.6) is 11.5 Å². The number of nitrogens with zero attached hydrogens (tertiary/aromatic N) is 1. The molecule has 1 unspecified atom stereocenters. The first kappa shape index (κ1) is 20.9. The number of ether oxygens (including phenoxy) is 2. The van der Waals surface area contributed by atoms with Crippen LogP contribution in [0.4, 0.5) is 0 Å². The van der Waals surface area contributed by atoms with Crippen LogP contribution < -0.4 is 9.47 Å². The van der Waals surface area contributed by atoms with Crippen LogP contribution in [0, 0.1) is 11.8 Å². The zero-order valence-corrected chi connectivity index (χ0v) is 17.9. The van der Waals surface area contributed by atoms with Crippen molar-refractivity contribution in [3.63, 3.8) is 0 Å². The normalized spacial score (nSPS) is 19.7. The Morgan fingerprint density at radius 3 is 2.37 bits per heavy atom. The summed E-state index contributed by atoms with van der Waals surface area (Å²) in [4.78, 5) is 15.4. The van der Waals surface area contributed by atoms with E-state index in [1.165, 1.54) is 5.56 Å². The van der Waals surface area contributed by atoms with Crippen molar-refractivity contribution in [2.24, 2.45) is 11.8 Å². The van der Waals surface area contributed by atoms with Gasteiger partial charge in [-0.1, -0.05) is 24.3 Å². The van der Waals surface area contributed by atoms with Crippen LogP contribution >= 0.6 is 0 Å². The Hall–Kier alpha value is -2.37. The SMILES string of the molecule is COc1cc2c(cc1OC)C(=O)C(CC1CCN(Cc3ccccc3CO)CC1)C2. The third-order valence-electron chi connectivity index (χ3n) is 6.72. The molecule has 0 bridgehead atoms. The van der Waals surface area contributed by atoms with Crippen LogP contribution in [0.2, 0.25) is 0 Å². The predicted octanol–water partition coefficient (Wildman–Crippen LogP) is 3.85. The number of hydrogen-bond donors (Lipinski definition) is 1. The molecular formula is C25H31NO4. The molecule has 1 fully saturated rings. The Balaban J connectivity index is 1.34. The fourth-order valence-corrected chi connectivity index (χ4v) is 4.98. The smallest absolute Gasteiger partial charge is 0.166 e. The van der Waals surface area contributed by atoms with E-state index in [-0.39, 0.29) is 18.3 Å². The van der Waals surface area contributed by atoms with Crippen molar-refractivity contribution in [2.45, 2.75) is 38.8 Å². The van der Waals surface area contributed by atoms with Crippen molar-refractivity contribution in [1.82, 2.24) is 4.90 Å². The lowest BCUT2D eigenvalue weighted by atomic mass is 9.85. The molecule has 5 nitrogen and oxygen atoms in total. The molecule has 5 heteroatoms. The van der Waals surface area contributed by atoms with Gasteiger partial charge in [-0.25, -0.2) is 0 Å². The number of likely N-dealkylation sites (tertiary alicyclic amines) is 1. The highest BCUT2D eigenvalue weighted by Gasteiger charge is 2.34. The van der Waals surface area contributed by atoms with Crippen molar-refractivity contribution < 1.29 is 19.4 Å². The number of aliphatic hydroxyl groups excluding tert-OH is 1. The topological polar surface area (TPSA) is 59.0 Å². The summed E-state index contributed by atoms with van der Waals surface area (Å²) in [7, 11) is 3.24. The maximum Gasteiger partial charge on any atom is 0.166 e. The summed E-state index contributed by atoms with van der Waals surface area (Å²) in [5, 5.41) is 9.55. The van der Waals surface area contributed by atoms with E-state index in [0.717, 1.165) is 62.0 Å². The molecular weight excluding hydrogens is 378 g/mol. The van der Waals surface area contributed by atoms with Crippen molar-refractivity contribution in [3.8, 4) is 11.5 Å². The van der Waals surface area contributed by atoms with Crippen molar-refractivity contribution >= 4 is 5.78 Å². The average Bonchev–Trinajstić information content (AvgIpc) is 3.08. The highest BCUT2D eigenvalue weighted by atomic mass is 16.5. The Morgan fingerprint density at radius 1 is 1.03 bits per heavy atom. The van der Waals surface area contributed by atoms with Crippen molar-refractivity contribution in [1.29, 1.82) is 0 Å². The fraction of sp³-hybridized carbons (Fsp3) is 0.480. The molecule has 0 amide bonds. The van der Waals surface area contributed by atoms with Crippen LogP contribution in [0.25, 0.3) is 0 Å². The molecule has 1 atom stereocenters. The van der Waals surface area contributed by atoms with Crippen LogP contribution in [-0.4, -0.2) is 43.1 Å². The van der Waals surface area contributed by atoms with Gasteiger partial charge in [0.2, 0.25) is 0 Å². The number of ketones is 1. The van der Waals surface area contributed by atoms with Crippen LogP contribution in [0.15, 0.2) is 36.4 Å². The number of carbonyl (C=O) groups excluding carboxylic acids is 1. The molecule has 2 aromatic carbocycles. The first-order chi connectivity index (χ1) is 14.6. The first-order valence-electron chi connectivity index (χ1n) is 10.8. The molecule has 0 radical (unpaired) electrons. The number of rotatable bonds is 7. The van der Waals surface area contributed by atoms with Crippen molar-refractivity contribution in [3.05, 3.63) is 58.7 Å². The molecule has 1 heterocycles. The van der Waals surface area contributed by atoms with Gasteiger partial charge in [-0.2, -0.15) is 0 Å². The van der Waals surface area contributed by atoms with Gasteiger partial charge < -0.3 is 14.6 Å². The number of methoxy groups -OCH3 is 2. The fourth-order valence-electron chi connectivity index (χ4n) is 4.98. The lowest BCUT2D eigenvalue weighted by Gasteiger charge is -2.33. The van der Waals surface area contributed by atoms with E-state index in [2.05, 4.69) is 11.0 Å². The van der Waals surface area contributed by atoms with Gasteiger partial charge in [0, 0.05) is 18.0 Å². The second-order valence-electron chi connectivity index (χ2n) is 8.51. The molecule has 160 valence electrons. The third-order valence-corrected chi connectivity index (χ3v) is 6.72. The molecule has 1 saturated heterocycles. The molecule has 2 aromatic rings. The van der Waals surface area contributed by atoms with Gasteiger partial charge in [0.25, 0.3) is 0 Å². The molecule has 0 spiro atoms. The van der Waals surface area contributed by atoms with Gasteiger partial charge in [0.05, 0.1) is 20.8 Å². The number of Topliss-reactive ketones (excluding diaryl/α,β-unsaturated/α-hetero) is 1. The predicted molar refractivity (Wildman–Crippen MR) is 116 cm³/mol. The van der Waals surface area contributed by atoms with Crippen LogP contribution in [0.1, 0.15) is 46.3 Å². The highest BCUT2D eigenvalue weighted by molar-refractivity contribution is 6.02. The standard InChI is InChI=1S/C25H31NO4/c1-29-23-13-20-12-21(25(28)22(20)14-24(23)30-2)11-17-7-9-26(10-8-17)15-18-5-3-4-6-19(18)16-27/h3-6,13-14,17,21,27H,7-12,15-16H2,1-2H3. The van der Waals surface area contributed by atoms with E-state index in [1.54, 1.807) is 14.2 Å². The second-order valence-corrected chi connectivity index (χ2v) is 8.51. The Morgan fingerprint density at radius 2 is 1.70 bits per heavy atom. The summed E-state index contributed by atoms with van der Waals surface area (Å²) < 4.78 is 10.8. The lowest BCUT2D eigenvalue weighted by Crippen LogP contribution is -2.34. The summed E-state index contributed by atoms with van der Waals surface area (Å²) in [6, 6.07) is 11.9. The number of hydrogen-bond acceptors (Lipinski definition) is 5. The van der Waals surface area contributed by atoms with E-state index in [1.807, 2.05) is 30.3 Å². The molecule has 0 saturated carbocycles. The largest absolute Gasteiger partial charge is 0.493 e. The summed E-state index contributed by atoms with van der Waals surface area (Å²) in [5.74, 6) is 2.23. The van der Waals surface area contributed by atoms with Gasteiger partial charge in [-0.15, -0.1) is 0 Å². The van der Waals surface area contributed by atoms with Crippen LogP contribution in [0.3, 0.4) is 0 Å². The minimum atomic E-state index is 0.0727. The zero-order chi connectivity index (χ0) is 21.1. The van der Waals surface area contributed by atoms with Gasteiger partial charge in [0.15, 0.2) is 17.3 Å². The minimum Gasteiger partial charge on any atom is -0.493 e. The highest BCUT2D eigenvalue weighted by Crippen LogP contribution is 2.39. The number of carbonyl (C=O) groups is 1. The van der Waals surface area contributed by atoms with E-state index in [0.29, 0.717) is 17.4 Å². The molecule has 4 rings (SSSR count). The third kappa shape index (κ3) is 4.23. The van der Waals surface area contributed by atoms with Crippen LogP contribution in [-0.2, 0) is 19.6 Å². The molecule has 1 aliphatic heterocycles. The molecule has 30 heavy (non-hydrogen) atoms. The Kier molecular flexibility index (Phi) is 6.40. The van der Waals surface area contributed by atoms with E-state index >= 15 is 0 Å². The number of aliphatic hydroxyl groups is 1. The van der Waals surface area contributed by atoms with Gasteiger partial charge >= 0.3 is 0 Å². The maximum absolute atomic E-state index is 13.0. The Bertz CT molecular complexity index is 902. The second kappa shape index (κ2) is 9.19. The summed E-state index contributed by atoms with van der Waals surface area (Å²) in [6.45, 7) is 3.06. The summed E-state index contributed by atoms with van der Waals surface area (Å²) in [6.07, 6.45) is 4.00. The monoisotopic (exact) mass is 409 g/mol. The molecule has 1 N–H and O–H groups in total. The number of benzene rings is 2. The maximum atomic E-state index is 13.0.